The van der Waals surface area contributed by atoms with Crippen LogP contribution in [-0.4, -0.2) is 28.9 Å². The minimum absolute atomic E-state index is 0.0886. The molecule has 0 radical (unpaired) electrons. The predicted octanol–water partition coefficient (Wildman–Crippen LogP) is 3.34. The fourth-order valence-corrected chi connectivity index (χ4v) is 6.19. The Hall–Kier alpha value is -1.55. The van der Waals surface area contributed by atoms with E-state index >= 15 is 4.39 Å². The first-order chi connectivity index (χ1) is 11.8. The molecule has 0 aromatic carbocycles. The highest BCUT2D eigenvalue weighted by Crippen LogP contribution is 2.67. The second-order valence-electron chi connectivity index (χ2n) is 8.65. The Morgan fingerprint density at radius 3 is 2.76 bits per heavy atom. The first-order valence-electron chi connectivity index (χ1n) is 9.22. The number of hydrogen-bond acceptors (Lipinski definition) is 3. The SMILES string of the molecule is C[C@]12CC[C@@]3(F)[C@@H](C=CC4=CC(=O)C=C[C@@]43C)[C@@H]1CC[C@@H]2C(=O)CO. The van der Waals surface area contributed by atoms with Gasteiger partial charge in [0.15, 0.2) is 11.6 Å². The molecule has 0 aromatic rings. The molecule has 4 rings (SSSR count). The molecule has 1 N–H and O–H groups in total. The van der Waals surface area contributed by atoms with Gasteiger partial charge in [0.25, 0.3) is 0 Å². The minimum atomic E-state index is -1.44. The number of aliphatic hydroxyl groups is 1. The summed E-state index contributed by atoms with van der Waals surface area (Å²) in [5, 5.41) is 9.32. The van der Waals surface area contributed by atoms with E-state index in [2.05, 4.69) is 6.92 Å². The van der Waals surface area contributed by atoms with E-state index in [4.69, 9.17) is 0 Å². The predicted molar refractivity (Wildman–Crippen MR) is 92.5 cm³/mol. The van der Waals surface area contributed by atoms with Crippen molar-refractivity contribution in [3.63, 3.8) is 0 Å². The highest BCUT2D eigenvalue weighted by atomic mass is 19.1. The van der Waals surface area contributed by atoms with Crippen molar-refractivity contribution in [2.75, 3.05) is 6.61 Å². The Bertz CT molecular complexity index is 735. The zero-order valence-electron chi connectivity index (χ0n) is 14.8. The third-order valence-corrected chi connectivity index (χ3v) is 7.77. The Balaban J connectivity index is 1.77. The van der Waals surface area contributed by atoms with Gasteiger partial charge in [0.1, 0.15) is 12.3 Å². The van der Waals surface area contributed by atoms with Crippen LogP contribution in [0.25, 0.3) is 0 Å². The Morgan fingerprint density at radius 1 is 1.28 bits per heavy atom. The monoisotopic (exact) mass is 344 g/mol. The van der Waals surface area contributed by atoms with Gasteiger partial charge in [0.2, 0.25) is 0 Å². The normalized spacial score (nSPS) is 47.8. The molecule has 2 saturated carbocycles. The summed E-state index contributed by atoms with van der Waals surface area (Å²) in [6, 6.07) is 0. The number of alkyl halides is 1. The number of hydrogen-bond donors (Lipinski definition) is 1. The number of allylic oxidation sites excluding steroid dienone is 6. The number of ketones is 2. The number of rotatable bonds is 2. The van der Waals surface area contributed by atoms with Crippen molar-refractivity contribution in [2.24, 2.45) is 28.6 Å². The van der Waals surface area contributed by atoms with Crippen molar-refractivity contribution in [3.05, 3.63) is 36.0 Å². The molecular weight excluding hydrogens is 319 g/mol. The molecule has 6 atom stereocenters. The van der Waals surface area contributed by atoms with E-state index in [9.17, 15) is 14.7 Å². The quantitative estimate of drug-likeness (QED) is 0.836. The average Bonchev–Trinajstić information content (AvgIpc) is 2.93. The van der Waals surface area contributed by atoms with Crippen molar-refractivity contribution >= 4 is 11.6 Å². The zero-order chi connectivity index (χ0) is 18.0. The maximum Gasteiger partial charge on any atom is 0.178 e. The van der Waals surface area contributed by atoms with Crippen LogP contribution in [0.5, 0.6) is 0 Å². The first-order valence-corrected chi connectivity index (χ1v) is 9.22. The van der Waals surface area contributed by atoms with Gasteiger partial charge >= 0.3 is 0 Å². The summed E-state index contributed by atoms with van der Waals surface area (Å²) < 4.78 is 16.5. The lowest BCUT2D eigenvalue weighted by molar-refractivity contribution is -0.136. The maximum absolute atomic E-state index is 16.5. The molecule has 3 nitrogen and oxygen atoms in total. The Labute approximate surface area is 147 Å². The summed E-state index contributed by atoms with van der Waals surface area (Å²) in [5.74, 6) is -0.538. The third kappa shape index (κ3) is 2.00. The van der Waals surface area contributed by atoms with E-state index in [1.165, 1.54) is 6.08 Å². The second kappa shape index (κ2) is 5.23. The number of carbonyl (C=O) groups is 2. The summed E-state index contributed by atoms with van der Waals surface area (Å²) in [6.45, 7) is 3.57. The standard InChI is InChI=1S/C21H25FO3/c1-19-9-10-21(22)16(15(19)5-6-17(19)18(25)12-23)4-3-13-11-14(24)7-8-20(13,21)2/h3-4,7-8,11,15-17,23H,5-6,9-10,12H2,1-2H3/t15-,16-,17+,19-,20-,21+/m0/s1. The largest absolute Gasteiger partial charge is 0.389 e. The van der Waals surface area contributed by atoms with Gasteiger partial charge in [-0.1, -0.05) is 25.2 Å². The lowest BCUT2D eigenvalue weighted by Gasteiger charge is -2.58. The van der Waals surface area contributed by atoms with E-state index in [0.717, 1.165) is 18.4 Å². The van der Waals surface area contributed by atoms with Gasteiger partial charge in [-0.05, 0) is 61.7 Å². The smallest absolute Gasteiger partial charge is 0.178 e. The molecule has 0 bridgehead atoms. The van der Waals surface area contributed by atoms with Crippen LogP contribution in [-0.2, 0) is 9.59 Å². The van der Waals surface area contributed by atoms with E-state index in [1.807, 2.05) is 19.1 Å². The van der Waals surface area contributed by atoms with Gasteiger partial charge < -0.3 is 5.11 Å². The number of Topliss-reactive ketones (excluding diaryl/α,β-unsaturated/α-hetero) is 1. The van der Waals surface area contributed by atoms with Gasteiger partial charge in [-0.25, -0.2) is 4.39 Å². The zero-order valence-corrected chi connectivity index (χ0v) is 14.8. The third-order valence-electron chi connectivity index (χ3n) is 7.77. The van der Waals surface area contributed by atoms with Crippen molar-refractivity contribution in [2.45, 2.75) is 45.2 Å². The van der Waals surface area contributed by atoms with Crippen LogP contribution in [0.2, 0.25) is 0 Å². The van der Waals surface area contributed by atoms with Gasteiger partial charge in [-0.3, -0.25) is 9.59 Å². The molecule has 0 aliphatic heterocycles. The maximum atomic E-state index is 16.5. The Kier molecular flexibility index (Phi) is 3.53. The minimum Gasteiger partial charge on any atom is -0.389 e. The molecule has 4 aliphatic rings. The van der Waals surface area contributed by atoms with Crippen LogP contribution in [0.4, 0.5) is 4.39 Å². The molecule has 2 fully saturated rings. The molecule has 25 heavy (non-hydrogen) atoms. The van der Waals surface area contributed by atoms with E-state index in [1.54, 1.807) is 12.2 Å². The molecule has 134 valence electrons. The van der Waals surface area contributed by atoms with Crippen molar-refractivity contribution in [3.8, 4) is 0 Å². The molecule has 0 spiro atoms. The summed E-state index contributed by atoms with van der Waals surface area (Å²) in [7, 11) is 0. The topological polar surface area (TPSA) is 54.4 Å². The summed E-state index contributed by atoms with van der Waals surface area (Å²) in [4.78, 5) is 24.0. The van der Waals surface area contributed by atoms with Crippen molar-refractivity contribution in [1.29, 1.82) is 0 Å². The van der Waals surface area contributed by atoms with Crippen LogP contribution in [0.1, 0.15) is 39.5 Å². The summed E-state index contributed by atoms with van der Waals surface area (Å²) in [6.07, 6.45) is 11.2. The Morgan fingerprint density at radius 2 is 2.04 bits per heavy atom. The molecular formula is C21H25FO3. The lowest BCUT2D eigenvalue weighted by atomic mass is 9.48. The fourth-order valence-electron chi connectivity index (χ4n) is 6.19. The number of halogens is 1. The molecule has 0 amide bonds. The highest BCUT2D eigenvalue weighted by molar-refractivity contribution is 6.01. The van der Waals surface area contributed by atoms with Gasteiger partial charge in [0, 0.05) is 17.3 Å². The number of aliphatic hydroxyl groups excluding tert-OH is 1. The average molecular weight is 344 g/mol. The number of fused-ring (bicyclic) bond motifs is 5. The summed E-state index contributed by atoms with van der Waals surface area (Å²) in [5.41, 5.74) is -1.73. The van der Waals surface area contributed by atoms with Crippen LogP contribution in [0, 0.1) is 28.6 Å². The van der Waals surface area contributed by atoms with E-state index < -0.39 is 17.7 Å². The molecule has 0 saturated heterocycles. The van der Waals surface area contributed by atoms with Gasteiger partial charge in [0.05, 0.1) is 0 Å². The fraction of sp³-hybridized carbons (Fsp3) is 0.619. The lowest BCUT2D eigenvalue weighted by Crippen LogP contribution is -2.58. The molecule has 0 aromatic heterocycles. The van der Waals surface area contributed by atoms with E-state index in [0.29, 0.717) is 12.8 Å². The van der Waals surface area contributed by atoms with Crippen molar-refractivity contribution < 1.29 is 19.1 Å². The molecule has 0 heterocycles. The van der Waals surface area contributed by atoms with Crippen LogP contribution in [0.3, 0.4) is 0 Å². The first kappa shape index (κ1) is 16.9. The van der Waals surface area contributed by atoms with Gasteiger partial charge in [-0.15, -0.1) is 0 Å². The second-order valence-corrected chi connectivity index (χ2v) is 8.65. The van der Waals surface area contributed by atoms with Crippen LogP contribution >= 0.6 is 0 Å². The van der Waals surface area contributed by atoms with Gasteiger partial charge in [-0.2, -0.15) is 0 Å². The number of carbonyl (C=O) groups excluding carboxylic acids is 2. The molecule has 4 aliphatic carbocycles. The van der Waals surface area contributed by atoms with Crippen molar-refractivity contribution in [1.82, 2.24) is 0 Å². The van der Waals surface area contributed by atoms with Crippen LogP contribution < -0.4 is 0 Å². The molecule has 0 unspecified atom stereocenters. The molecule has 4 heteroatoms. The summed E-state index contributed by atoms with van der Waals surface area (Å²) >= 11 is 0. The van der Waals surface area contributed by atoms with Crippen LogP contribution in [0.15, 0.2) is 36.0 Å². The van der Waals surface area contributed by atoms with E-state index in [-0.39, 0.29) is 34.7 Å². The highest BCUT2D eigenvalue weighted by Gasteiger charge is 2.66.